The Morgan fingerprint density at radius 2 is 0.878 bits per heavy atom. The molecule has 0 radical (unpaired) electrons. The average Bonchev–Trinajstić information content (AvgIpc) is 3.10. The van der Waals surface area contributed by atoms with Gasteiger partial charge in [-0.25, -0.2) is 0 Å². The molecular weight excluding hydrogens is 651 g/mol. The minimum absolute atomic E-state index is 0.580. The Hall–Kier alpha value is -3.57. The molecule has 0 bridgehead atoms. The number of nitrogens with zero attached hydrogens (tertiary/aromatic N) is 1. The van der Waals surface area contributed by atoms with Crippen LogP contribution >= 0.6 is 0 Å². The van der Waals surface area contributed by atoms with Gasteiger partial charge >= 0.3 is 260 Å². The van der Waals surface area contributed by atoms with Gasteiger partial charge < -0.3 is 0 Å². The Morgan fingerprint density at radius 1 is 0.551 bits per heavy atom. The Labute approximate surface area is 299 Å². The van der Waals surface area contributed by atoms with Crippen molar-refractivity contribution < 1.29 is 13.6 Å². The molecule has 0 aliphatic heterocycles. The van der Waals surface area contributed by atoms with Crippen molar-refractivity contribution in [2.45, 2.75) is 63.1 Å². The summed E-state index contributed by atoms with van der Waals surface area (Å²) in [6.07, 6.45) is 11.6. The summed E-state index contributed by atoms with van der Waals surface area (Å²) in [6.45, 7) is 31.7. The molecule has 0 spiro atoms. The second kappa shape index (κ2) is 17.9. The van der Waals surface area contributed by atoms with Crippen molar-refractivity contribution in [3.63, 3.8) is 0 Å². The fourth-order valence-electron chi connectivity index (χ4n) is 7.33. The standard InChI is InChI=1S/C42H58NO3Si3/c1-10-31-47(32-11-2,45-16-7)40-25-19-37(20-26-40)43(38-21-27-41(28-22-38)48(33-12-3,34-13-4)46-17-8)39-23-29-42(30-24-39)49(44,18-9,35-14-5)36-15-6/h10-15,19-30,44H,1-6,16-18,31-36H2,7-9H3/q-1. The van der Waals surface area contributed by atoms with E-state index in [-0.39, 0.29) is 0 Å². The van der Waals surface area contributed by atoms with Gasteiger partial charge in [-0.15, -0.1) is 26.3 Å². The molecule has 0 aliphatic carbocycles. The molecule has 0 saturated carbocycles. The van der Waals surface area contributed by atoms with Crippen LogP contribution in [0.15, 0.2) is 149 Å². The van der Waals surface area contributed by atoms with E-state index in [1.54, 1.807) is 0 Å². The molecule has 0 saturated heterocycles. The van der Waals surface area contributed by atoms with Gasteiger partial charge in [-0.05, 0) is 13.8 Å². The van der Waals surface area contributed by atoms with E-state index in [0.29, 0.717) is 31.3 Å². The van der Waals surface area contributed by atoms with E-state index >= 15 is 0 Å². The van der Waals surface area contributed by atoms with Crippen molar-refractivity contribution in [1.82, 2.24) is 0 Å². The van der Waals surface area contributed by atoms with Crippen LogP contribution in [0.5, 0.6) is 0 Å². The quantitative estimate of drug-likeness (QED) is 0.0787. The Balaban J connectivity index is 2.23. The van der Waals surface area contributed by atoms with Crippen LogP contribution in [0.2, 0.25) is 42.3 Å². The molecule has 1 N–H and O–H groups in total. The predicted octanol–water partition coefficient (Wildman–Crippen LogP) is 9.77. The fraction of sp³-hybridized carbons (Fsp3) is 0.286. The maximum absolute atomic E-state index is 12.3. The molecule has 0 aliphatic rings. The molecule has 262 valence electrons. The summed E-state index contributed by atoms with van der Waals surface area (Å²) in [7, 11) is -8.21. The van der Waals surface area contributed by atoms with Crippen LogP contribution in [-0.2, 0) is 8.85 Å². The zero-order chi connectivity index (χ0) is 36.0. The van der Waals surface area contributed by atoms with Gasteiger partial charge in [0, 0.05) is 0 Å². The van der Waals surface area contributed by atoms with Crippen molar-refractivity contribution in [3.05, 3.63) is 149 Å². The Kier molecular flexibility index (Phi) is 14.6. The molecule has 49 heavy (non-hydrogen) atoms. The van der Waals surface area contributed by atoms with Gasteiger partial charge in [0.05, 0.1) is 0 Å². The predicted molar refractivity (Wildman–Crippen MR) is 223 cm³/mol. The van der Waals surface area contributed by atoms with Crippen molar-refractivity contribution >= 4 is 56.9 Å². The molecule has 3 aromatic carbocycles. The molecule has 0 amide bonds. The number of hydrogen-bond acceptors (Lipinski definition) is 4. The molecule has 0 aromatic heterocycles. The summed E-state index contributed by atoms with van der Waals surface area (Å²) >= 11 is 0. The third-order valence-electron chi connectivity index (χ3n) is 10.00. The minimum atomic E-state index is -3.57. The van der Waals surface area contributed by atoms with Crippen molar-refractivity contribution in [2.24, 2.45) is 0 Å². The van der Waals surface area contributed by atoms with Gasteiger partial charge in [0.1, 0.15) is 0 Å². The van der Waals surface area contributed by atoms with Crippen LogP contribution in [0.3, 0.4) is 0 Å². The topological polar surface area (TPSA) is 41.9 Å². The number of benzene rings is 3. The van der Waals surface area contributed by atoms with Gasteiger partial charge in [-0.1, -0.05) is 0 Å². The summed E-state index contributed by atoms with van der Waals surface area (Å²) in [6, 6.07) is 31.2. The van der Waals surface area contributed by atoms with E-state index in [2.05, 4.69) is 138 Å². The van der Waals surface area contributed by atoms with E-state index in [4.69, 9.17) is 8.85 Å². The molecule has 0 atom stereocenters. The van der Waals surface area contributed by atoms with Crippen LogP contribution < -0.4 is 20.5 Å². The van der Waals surface area contributed by atoms with Gasteiger partial charge in [-0.2, -0.15) is 0 Å². The first-order valence-corrected chi connectivity index (χ1v) is 25.3. The second-order valence-corrected chi connectivity index (χ2v) is 26.2. The van der Waals surface area contributed by atoms with E-state index in [1.165, 1.54) is 10.4 Å². The summed E-state index contributed by atoms with van der Waals surface area (Å²) < 4.78 is 13.0. The normalized spacial score (nSPS) is 12.7. The maximum atomic E-state index is 12.3. The van der Waals surface area contributed by atoms with Crippen LogP contribution in [-0.4, -0.2) is 42.2 Å². The van der Waals surface area contributed by atoms with Gasteiger partial charge in [0.25, 0.3) is 0 Å². The molecule has 7 heteroatoms. The second-order valence-electron chi connectivity index (χ2n) is 13.0. The molecule has 0 unspecified atom stereocenters. The van der Waals surface area contributed by atoms with Crippen molar-refractivity contribution in [1.29, 1.82) is 0 Å². The van der Waals surface area contributed by atoms with Gasteiger partial charge in [0.15, 0.2) is 0 Å². The first-order valence-electron chi connectivity index (χ1n) is 17.6. The SMILES string of the molecule is C=CC[Si](CC=C)(OCC)c1ccc(N(c2ccc([Si](CC=C)(CC=C)OCC)cc2)c2ccc([Si-](O)(CC)(CC=C)CC=C)cc2)cc1. The molecule has 0 fully saturated rings. The number of anilines is 3. The zero-order valence-electron chi connectivity index (χ0n) is 30.2. The molecular formula is C42H58NO3Si3-. The molecule has 3 rings (SSSR count). The van der Waals surface area contributed by atoms with Gasteiger partial charge in [0.2, 0.25) is 0 Å². The summed E-state index contributed by atoms with van der Waals surface area (Å²) in [5, 5.41) is 3.44. The van der Waals surface area contributed by atoms with E-state index < -0.39 is 24.2 Å². The Morgan fingerprint density at radius 3 is 1.14 bits per heavy atom. The average molecular weight is 709 g/mol. The van der Waals surface area contributed by atoms with Crippen LogP contribution in [0.25, 0.3) is 0 Å². The zero-order valence-corrected chi connectivity index (χ0v) is 33.2. The summed E-state index contributed by atoms with van der Waals surface area (Å²) in [5.41, 5.74) is 3.06. The van der Waals surface area contributed by atoms with E-state index in [0.717, 1.165) is 46.4 Å². The van der Waals surface area contributed by atoms with E-state index in [9.17, 15) is 4.80 Å². The van der Waals surface area contributed by atoms with Crippen molar-refractivity contribution in [2.75, 3.05) is 18.1 Å². The van der Waals surface area contributed by atoms with Crippen LogP contribution in [0.4, 0.5) is 17.1 Å². The third-order valence-corrected chi connectivity index (χ3v) is 24.2. The summed E-state index contributed by atoms with van der Waals surface area (Å²) in [4.78, 5) is 14.6. The van der Waals surface area contributed by atoms with Crippen LogP contribution in [0.1, 0.15) is 20.8 Å². The molecule has 3 aromatic rings. The first kappa shape index (κ1) is 39.9. The third kappa shape index (κ3) is 8.60. The summed E-state index contributed by atoms with van der Waals surface area (Å²) in [5.74, 6) is 0. The number of rotatable bonds is 23. The number of hydrogen-bond donors (Lipinski definition) is 1. The van der Waals surface area contributed by atoms with Crippen molar-refractivity contribution in [3.8, 4) is 0 Å². The Bertz CT molecular complexity index is 1460. The fourth-order valence-corrected chi connectivity index (χ4v) is 17.9. The van der Waals surface area contributed by atoms with Crippen LogP contribution in [0, 0.1) is 0 Å². The van der Waals surface area contributed by atoms with E-state index in [1.807, 2.05) is 36.5 Å². The molecule has 4 nitrogen and oxygen atoms in total. The van der Waals surface area contributed by atoms with Gasteiger partial charge in [-0.3, -0.25) is 0 Å². The monoisotopic (exact) mass is 708 g/mol. The molecule has 0 heterocycles. The first-order chi connectivity index (χ1) is 23.6. The number of allylic oxidation sites excluding steroid dienone is 6.